The van der Waals surface area contributed by atoms with Gasteiger partial charge in [-0.1, -0.05) is 18.9 Å². The number of carbonyl (C=O) groups is 1. The molecule has 0 radical (unpaired) electrons. The van der Waals surface area contributed by atoms with Crippen LogP contribution in [0, 0.1) is 0 Å². The van der Waals surface area contributed by atoms with Gasteiger partial charge in [0.05, 0.1) is 0 Å². The summed E-state index contributed by atoms with van der Waals surface area (Å²) in [5, 5.41) is 0. The van der Waals surface area contributed by atoms with E-state index in [4.69, 9.17) is 0 Å². The summed E-state index contributed by atoms with van der Waals surface area (Å²) in [6.07, 6.45) is 3.89. The van der Waals surface area contributed by atoms with Crippen molar-refractivity contribution in [2.45, 2.75) is 66.5 Å². The molecule has 0 N–H and O–H groups in total. The van der Waals surface area contributed by atoms with Crippen LogP contribution >= 0.6 is 0 Å². The molecule has 0 spiro atoms. The third kappa shape index (κ3) is 5.01. The van der Waals surface area contributed by atoms with Crippen LogP contribution in [-0.4, -0.2) is 22.9 Å². The van der Waals surface area contributed by atoms with Gasteiger partial charge in [-0.3, -0.25) is 4.79 Å². The Kier molecular flexibility index (Phi) is 6.30. The van der Waals surface area contributed by atoms with Crippen LogP contribution in [-0.2, 0) is 4.79 Å². The van der Waals surface area contributed by atoms with Gasteiger partial charge in [0.1, 0.15) is 0 Å². The van der Waals surface area contributed by atoms with E-state index in [1.165, 1.54) is 5.57 Å². The van der Waals surface area contributed by atoms with Crippen molar-refractivity contribution in [2.75, 3.05) is 0 Å². The maximum atomic E-state index is 12.0. The lowest BCUT2D eigenvalue weighted by molar-refractivity contribution is -0.129. The summed E-state index contributed by atoms with van der Waals surface area (Å²) in [5.74, 6) is 0.144. The smallest absolute Gasteiger partial charge is 0.246 e. The zero-order valence-electron chi connectivity index (χ0n) is 11.0. The molecule has 0 heterocycles. The van der Waals surface area contributed by atoms with Gasteiger partial charge in [-0.25, -0.2) is 0 Å². The van der Waals surface area contributed by atoms with Crippen LogP contribution in [0.15, 0.2) is 11.6 Å². The highest BCUT2D eigenvalue weighted by molar-refractivity contribution is 5.88. The fourth-order valence-corrected chi connectivity index (χ4v) is 1.86. The molecule has 88 valence electrons. The molecule has 0 aliphatic rings. The standard InChI is InChI=1S/C13H25NO/c1-7-8-12(6)9-13(15)14(10(2)3)11(4)5/h9-11H,7-8H2,1-6H3/b12-9+. The van der Waals surface area contributed by atoms with Gasteiger partial charge in [0, 0.05) is 18.2 Å². The van der Waals surface area contributed by atoms with Crippen LogP contribution in [0.2, 0.25) is 0 Å². The molecule has 0 atom stereocenters. The molecule has 0 saturated carbocycles. The summed E-state index contributed by atoms with van der Waals surface area (Å²) < 4.78 is 0. The molecule has 0 aromatic rings. The first-order valence-electron chi connectivity index (χ1n) is 5.89. The highest BCUT2D eigenvalue weighted by atomic mass is 16.2. The molecule has 0 saturated heterocycles. The molecule has 0 fully saturated rings. The topological polar surface area (TPSA) is 20.3 Å². The van der Waals surface area contributed by atoms with Crippen molar-refractivity contribution >= 4 is 5.91 Å². The van der Waals surface area contributed by atoms with Crippen molar-refractivity contribution in [3.8, 4) is 0 Å². The van der Waals surface area contributed by atoms with Crippen LogP contribution in [0.1, 0.15) is 54.4 Å². The van der Waals surface area contributed by atoms with Gasteiger partial charge >= 0.3 is 0 Å². The largest absolute Gasteiger partial charge is 0.334 e. The van der Waals surface area contributed by atoms with Crippen molar-refractivity contribution in [3.05, 3.63) is 11.6 Å². The second kappa shape index (κ2) is 6.65. The van der Waals surface area contributed by atoms with Gasteiger partial charge in [-0.2, -0.15) is 0 Å². The first-order valence-corrected chi connectivity index (χ1v) is 5.89. The quantitative estimate of drug-likeness (QED) is 0.638. The molecule has 0 bridgehead atoms. The minimum Gasteiger partial charge on any atom is -0.334 e. The predicted molar refractivity (Wildman–Crippen MR) is 65.8 cm³/mol. The summed E-state index contributed by atoms with van der Waals surface area (Å²) >= 11 is 0. The molecule has 0 unspecified atom stereocenters. The fraction of sp³-hybridized carbons (Fsp3) is 0.769. The molecule has 0 aliphatic heterocycles. The van der Waals surface area contributed by atoms with Crippen molar-refractivity contribution in [3.63, 3.8) is 0 Å². The van der Waals surface area contributed by atoms with E-state index in [0.29, 0.717) is 0 Å². The number of carbonyl (C=O) groups excluding carboxylic acids is 1. The average Bonchev–Trinajstić information content (AvgIpc) is 2.01. The summed E-state index contributed by atoms with van der Waals surface area (Å²) in [4.78, 5) is 13.9. The van der Waals surface area contributed by atoms with Crippen molar-refractivity contribution in [2.24, 2.45) is 0 Å². The highest BCUT2D eigenvalue weighted by Gasteiger charge is 2.17. The summed E-state index contributed by atoms with van der Waals surface area (Å²) in [6, 6.07) is 0.534. The van der Waals surface area contributed by atoms with E-state index in [1.54, 1.807) is 6.08 Å². The monoisotopic (exact) mass is 211 g/mol. The second-order valence-electron chi connectivity index (χ2n) is 4.67. The molecule has 0 aromatic heterocycles. The van der Waals surface area contributed by atoms with E-state index in [1.807, 2.05) is 11.8 Å². The van der Waals surface area contributed by atoms with Gasteiger partial charge in [-0.15, -0.1) is 0 Å². The average molecular weight is 211 g/mol. The Morgan fingerprint density at radius 2 is 1.67 bits per heavy atom. The zero-order valence-corrected chi connectivity index (χ0v) is 11.0. The summed E-state index contributed by atoms with van der Waals surface area (Å²) in [5.41, 5.74) is 1.17. The lowest BCUT2D eigenvalue weighted by Crippen LogP contribution is -2.41. The van der Waals surface area contributed by atoms with Crippen molar-refractivity contribution < 1.29 is 4.79 Å². The molecule has 2 heteroatoms. The Hall–Kier alpha value is -0.790. The number of hydrogen-bond acceptors (Lipinski definition) is 1. The number of amides is 1. The summed E-state index contributed by atoms with van der Waals surface area (Å²) in [7, 11) is 0. The highest BCUT2D eigenvalue weighted by Crippen LogP contribution is 2.09. The first kappa shape index (κ1) is 14.2. The van der Waals surface area contributed by atoms with Gasteiger partial charge in [0.15, 0.2) is 0 Å². The fourth-order valence-electron chi connectivity index (χ4n) is 1.86. The zero-order chi connectivity index (χ0) is 12.0. The Balaban J connectivity index is 4.59. The minimum atomic E-state index is 0.144. The molecule has 15 heavy (non-hydrogen) atoms. The Morgan fingerprint density at radius 3 is 2.00 bits per heavy atom. The lowest BCUT2D eigenvalue weighted by atomic mass is 10.1. The second-order valence-corrected chi connectivity index (χ2v) is 4.67. The van der Waals surface area contributed by atoms with Crippen LogP contribution < -0.4 is 0 Å². The van der Waals surface area contributed by atoms with E-state index in [9.17, 15) is 4.79 Å². The maximum Gasteiger partial charge on any atom is 0.246 e. The Bertz CT molecular complexity index is 221. The van der Waals surface area contributed by atoms with Gasteiger partial charge < -0.3 is 4.90 Å². The van der Waals surface area contributed by atoms with Gasteiger partial charge in [-0.05, 0) is 41.0 Å². The Morgan fingerprint density at radius 1 is 1.20 bits per heavy atom. The van der Waals surface area contributed by atoms with Crippen LogP contribution in [0.3, 0.4) is 0 Å². The third-order valence-corrected chi connectivity index (χ3v) is 2.38. The molecule has 2 nitrogen and oxygen atoms in total. The van der Waals surface area contributed by atoms with Gasteiger partial charge in [0.25, 0.3) is 0 Å². The van der Waals surface area contributed by atoms with Gasteiger partial charge in [0.2, 0.25) is 5.91 Å². The molecular weight excluding hydrogens is 186 g/mol. The molecular formula is C13H25NO. The SMILES string of the molecule is CCC/C(C)=C/C(=O)N(C(C)C)C(C)C. The first-order chi connectivity index (χ1) is 6.90. The van der Waals surface area contributed by atoms with Crippen LogP contribution in [0.5, 0.6) is 0 Å². The van der Waals surface area contributed by atoms with E-state index in [2.05, 4.69) is 34.6 Å². The molecule has 1 amide bonds. The lowest BCUT2D eigenvalue weighted by Gasteiger charge is -2.29. The van der Waals surface area contributed by atoms with Crippen molar-refractivity contribution in [1.82, 2.24) is 4.90 Å². The molecule has 0 aromatic carbocycles. The maximum absolute atomic E-state index is 12.0. The van der Waals surface area contributed by atoms with Crippen LogP contribution in [0.25, 0.3) is 0 Å². The predicted octanol–water partition coefficient (Wildman–Crippen LogP) is 3.38. The van der Waals surface area contributed by atoms with Crippen LogP contribution in [0.4, 0.5) is 0 Å². The summed E-state index contributed by atoms with van der Waals surface area (Å²) in [6.45, 7) is 12.4. The van der Waals surface area contributed by atoms with E-state index in [0.717, 1.165) is 12.8 Å². The normalized spacial score (nSPS) is 12.4. The van der Waals surface area contributed by atoms with E-state index in [-0.39, 0.29) is 18.0 Å². The number of hydrogen-bond donors (Lipinski definition) is 0. The number of nitrogens with zero attached hydrogens (tertiary/aromatic N) is 1. The number of rotatable bonds is 5. The van der Waals surface area contributed by atoms with E-state index >= 15 is 0 Å². The van der Waals surface area contributed by atoms with Crippen molar-refractivity contribution in [1.29, 1.82) is 0 Å². The third-order valence-electron chi connectivity index (χ3n) is 2.38. The molecule has 0 rings (SSSR count). The number of allylic oxidation sites excluding steroid dienone is 1. The van der Waals surface area contributed by atoms with E-state index < -0.39 is 0 Å². The Labute approximate surface area is 94.4 Å². The minimum absolute atomic E-state index is 0.144. The molecule has 0 aliphatic carbocycles.